The van der Waals surface area contributed by atoms with E-state index in [9.17, 15) is 19.8 Å². The minimum absolute atomic E-state index is 0. The summed E-state index contributed by atoms with van der Waals surface area (Å²) in [5, 5.41) is 20.0. The van der Waals surface area contributed by atoms with Crippen LogP contribution in [0.4, 0.5) is 0 Å². The lowest BCUT2D eigenvalue weighted by Crippen LogP contribution is -2.29. The number of carboxylic acid groups (broad SMARTS) is 2. The van der Waals surface area contributed by atoms with E-state index in [0.717, 1.165) is 13.8 Å². The fourth-order valence-electron chi connectivity index (χ4n) is 0.306. The van der Waals surface area contributed by atoms with Crippen LogP contribution < -0.4 is 22.5 Å². The predicted molar refractivity (Wildman–Crippen MR) is 40.4 cm³/mol. The average molecular weight is 178 g/mol. The number of carboxylic acids is 2. The molecule has 12 heavy (non-hydrogen) atoms. The van der Waals surface area contributed by atoms with Crippen molar-refractivity contribution in [3.05, 3.63) is 11.1 Å². The average Bonchev–Trinajstić information content (AvgIpc) is 1.84. The van der Waals surface area contributed by atoms with E-state index in [1.54, 1.807) is 0 Å². The van der Waals surface area contributed by atoms with Crippen LogP contribution in [0.1, 0.15) is 13.8 Å². The van der Waals surface area contributed by atoms with Gasteiger partial charge in [0.15, 0.2) is 0 Å². The lowest BCUT2D eigenvalue weighted by atomic mass is 10.1. The van der Waals surface area contributed by atoms with Crippen LogP contribution >= 0.6 is 0 Å². The highest BCUT2D eigenvalue weighted by atomic mass is 16.4. The molecule has 0 saturated heterocycles. The number of quaternary nitrogens is 2. The van der Waals surface area contributed by atoms with Crippen LogP contribution in [-0.2, 0) is 9.59 Å². The predicted octanol–water partition coefficient (Wildman–Crippen LogP) is -1.42. The minimum atomic E-state index is -1.48. The van der Waals surface area contributed by atoms with Gasteiger partial charge in [0.1, 0.15) is 0 Å². The summed E-state index contributed by atoms with van der Waals surface area (Å²) < 4.78 is 0. The minimum Gasteiger partial charge on any atom is -0.545 e. The number of hydrogen-bond acceptors (Lipinski definition) is 4. The van der Waals surface area contributed by atoms with E-state index in [1.807, 2.05) is 0 Å². The standard InChI is InChI=1S/C6H8O4.2H3N/c1-3(5(7)8)4(2)6(9)10;;/h1-2H3,(H,7,8)(H,9,10);2*1H3/b4-3+;;. The van der Waals surface area contributed by atoms with Gasteiger partial charge >= 0.3 is 0 Å². The van der Waals surface area contributed by atoms with Crippen LogP contribution in [0.25, 0.3) is 0 Å². The molecule has 0 radical (unpaired) electrons. The van der Waals surface area contributed by atoms with E-state index >= 15 is 0 Å². The van der Waals surface area contributed by atoms with Crippen LogP contribution in [-0.4, -0.2) is 11.9 Å². The number of carbonyl (C=O) groups is 2. The Kier molecular flexibility index (Phi) is 8.91. The molecule has 0 aromatic heterocycles. The zero-order valence-corrected chi connectivity index (χ0v) is 7.63. The molecule has 0 fully saturated rings. The third-order valence-electron chi connectivity index (χ3n) is 1.17. The Labute approximate surface area is 70.1 Å². The van der Waals surface area contributed by atoms with Crippen molar-refractivity contribution in [2.24, 2.45) is 0 Å². The zero-order chi connectivity index (χ0) is 8.31. The molecule has 0 saturated carbocycles. The largest absolute Gasteiger partial charge is 0.545 e. The summed E-state index contributed by atoms with van der Waals surface area (Å²) in [7, 11) is 0. The Morgan fingerprint density at radius 2 is 1.00 bits per heavy atom. The van der Waals surface area contributed by atoms with Crippen LogP contribution in [0.2, 0.25) is 0 Å². The van der Waals surface area contributed by atoms with Crippen molar-refractivity contribution in [1.82, 2.24) is 12.3 Å². The smallest absolute Gasteiger partial charge is 0.0675 e. The Morgan fingerprint density at radius 1 is 0.833 bits per heavy atom. The molecule has 0 amide bonds. The van der Waals surface area contributed by atoms with Crippen molar-refractivity contribution in [3.8, 4) is 0 Å². The first-order chi connectivity index (χ1) is 4.46. The third-order valence-corrected chi connectivity index (χ3v) is 1.17. The molecule has 6 nitrogen and oxygen atoms in total. The Bertz CT molecular complexity index is 188. The first-order valence-electron chi connectivity index (χ1n) is 2.57. The second-order valence-corrected chi connectivity index (χ2v) is 1.82. The van der Waals surface area contributed by atoms with Gasteiger partial charge in [-0.25, -0.2) is 0 Å². The van der Waals surface area contributed by atoms with Gasteiger partial charge in [0.2, 0.25) is 0 Å². The highest BCUT2D eigenvalue weighted by Gasteiger charge is 1.96. The maximum Gasteiger partial charge on any atom is 0.0675 e. The molecule has 0 aliphatic carbocycles. The fraction of sp³-hybridized carbons (Fsp3) is 0.333. The molecule has 72 valence electrons. The van der Waals surface area contributed by atoms with E-state index in [2.05, 4.69) is 0 Å². The van der Waals surface area contributed by atoms with Gasteiger partial charge in [-0.2, -0.15) is 0 Å². The molecule has 0 aliphatic rings. The summed E-state index contributed by atoms with van der Waals surface area (Å²) in [6.07, 6.45) is 0. The van der Waals surface area contributed by atoms with Gasteiger partial charge in [0, 0.05) is 0 Å². The van der Waals surface area contributed by atoms with Crippen LogP contribution in [0.3, 0.4) is 0 Å². The third kappa shape index (κ3) is 4.42. The molecule has 8 N–H and O–H groups in total. The quantitative estimate of drug-likeness (QED) is 0.497. The van der Waals surface area contributed by atoms with Crippen molar-refractivity contribution >= 4 is 11.9 Å². The summed E-state index contributed by atoms with van der Waals surface area (Å²) in [6, 6.07) is 0. The highest BCUT2D eigenvalue weighted by molar-refractivity contribution is 5.96. The Balaban J connectivity index is -0.000000405. The second-order valence-electron chi connectivity index (χ2n) is 1.82. The van der Waals surface area contributed by atoms with E-state index in [1.165, 1.54) is 0 Å². The molecule has 0 unspecified atom stereocenters. The summed E-state index contributed by atoms with van der Waals surface area (Å²) in [5.74, 6) is -2.97. The Hall–Kier alpha value is -1.40. The molecular weight excluding hydrogens is 164 g/mol. The van der Waals surface area contributed by atoms with E-state index in [4.69, 9.17) is 0 Å². The summed E-state index contributed by atoms with van der Waals surface area (Å²) in [4.78, 5) is 20.0. The fourth-order valence-corrected chi connectivity index (χ4v) is 0.306. The molecule has 0 rings (SSSR count). The molecular formula is C6H14N2O4. The molecule has 0 spiro atoms. The topological polar surface area (TPSA) is 153 Å². The molecule has 0 aromatic rings. The monoisotopic (exact) mass is 178 g/mol. The first-order valence-corrected chi connectivity index (χ1v) is 2.57. The number of carbonyl (C=O) groups excluding carboxylic acids is 2. The lowest BCUT2D eigenvalue weighted by molar-refractivity contribution is -0.304. The Morgan fingerprint density at radius 3 is 1.08 bits per heavy atom. The van der Waals surface area contributed by atoms with Crippen molar-refractivity contribution < 1.29 is 19.8 Å². The summed E-state index contributed by atoms with van der Waals surface area (Å²) in [6.45, 7) is 2.31. The molecule has 0 heterocycles. The SMILES string of the molecule is C/C(C(=O)[O-])=C(/C)C(=O)[O-].[NH4+].[NH4+]. The maximum absolute atomic E-state index is 9.99. The number of aliphatic carboxylic acids is 2. The van der Waals surface area contributed by atoms with Crippen LogP contribution in [0.5, 0.6) is 0 Å². The van der Waals surface area contributed by atoms with Crippen molar-refractivity contribution in [1.29, 1.82) is 0 Å². The highest BCUT2D eigenvalue weighted by Crippen LogP contribution is 1.99. The van der Waals surface area contributed by atoms with Gasteiger partial charge in [0.25, 0.3) is 0 Å². The van der Waals surface area contributed by atoms with Gasteiger partial charge in [-0.3, -0.25) is 0 Å². The molecule has 0 aliphatic heterocycles. The van der Waals surface area contributed by atoms with Crippen LogP contribution in [0, 0.1) is 0 Å². The zero-order valence-electron chi connectivity index (χ0n) is 7.63. The number of hydrogen-bond donors (Lipinski definition) is 2. The van der Waals surface area contributed by atoms with Gasteiger partial charge in [-0.1, -0.05) is 0 Å². The molecule has 0 aromatic carbocycles. The first kappa shape index (κ1) is 16.9. The normalized spacial score (nSPS) is 10.2. The van der Waals surface area contributed by atoms with Crippen molar-refractivity contribution in [3.63, 3.8) is 0 Å². The molecule has 0 atom stereocenters. The van der Waals surface area contributed by atoms with E-state index < -0.39 is 11.9 Å². The van der Waals surface area contributed by atoms with Gasteiger partial charge in [0.05, 0.1) is 11.9 Å². The van der Waals surface area contributed by atoms with E-state index in [0.29, 0.717) is 0 Å². The maximum atomic E-state index is 9.99. The molecule has 6 heteroatoms. The summed E-state index contributed by atoms with van der Waals surface area (Å²) in [5.41, 5.74) is -0.611. The van der Waals surface area contributed by atoms with Crippen molar-refractivity contribution in [2.75, 3.05) is 0 Å². The summed E-state index contributed by atoms with van der Waals surface area (Å²) >= 11 is 0. The van der Waals surface area contributed by atoms with Gasteiger partial charge < -0.3 is 32.1 Å². The van der Waals surface area contributed by atoms with E-state index in [-0.39, 0.29) is 23.4 Å². The molecule has 0 bridgehead atoms. The number of rotatable bonds is 2. The lowest BCUT2D eigenvalue weighted by Gasteiger charge is -2.08. The van der Waals surface area contributed by atoms with Crippen molar-refractivity contribution in [2.45, 2.75) is 13.8 Å². The van der Waals surface area contributed by atoms with Gasteiger partial charge in [-0.05, 0) is 25.0 Å². The van der Waals surface area contributed by atoms with Gasteiger partial charge in [-0.15, -0.1) is 0 Å². The van der Waals surface area contributed by atoms with Crippen LogP contribution in [0.15, 0.2) is 11.1 Å². The second kappa shape index (κ2) is 6.32.